The smallest absolute Gasteiger partial charge is 0.255 e. The molecule has 4 aromatic rings. The van der Waals surface area contributed by atoms with Crippen molar-refractivity contribution in [3.05, 3.63) is 82.9 Å². The lowest BCUT2D eigenvalue weighted by Gasteiger charge is -2.08. The third kappa shape index (κ3) is 4.03. The molecule has 0 unspecified atom stereocenters. The average molecular weight is 405 g/mol. The zero-order valence-corrected chi connectivity index (χ0v) is 17.0. The highest BCUT2D eigenvalue weighted by molar-refractivity contribution is 6.34. The third-order valence-corrected chi connectivity index (χ3v) is 5.42. The monoisotopic (exact) mass is 404 g/mol. The zero-order chi connectivity index (χ0) is 20.4. The highest BCUT2D eigenvalue weighted by Crippen LogP contribution is 2.32. The Morgan fingerprint density at radius 2 is 1.90 bits per heavy atom. The fourth-order valence-electron chi connectivity index (χ4n) is 3.15. The summed E-state index contributed by atoms with van der Waals surface area (Å²) in [6, 6.07) is 20.5. The van der Waals surface area contributed by atoms with E-state index in [0.29, 0.717) is 28.1 Å². The number of hydrogen-bond donors (Lipinski definition) is 1. The van der Waals surface area contributed by atoms with Crippen molar-refractivity contribution < 1.29 is 9.21 Å². The van der Waals surface area contributed by atoms with Gasteiger partial charge >= 0.3 is 0 Å². The van der Waals surface area contributed by atoms with Crippen molar-refractivity contribution in [2.24, 2.45) is 0 Å². The van der Waals surface area contributed by atoms with Gasteiger partial charge in [0, 0.05) is 11.1 Å². The molecule has 1 N–H and O–H groups in total. The number of carbonyl (C=O) groups is 1. The van der Waals surface area contributed by atoms with Crippen molar-refractivity contribution in [1.29, 1.82) is 0 Å². The average Bonchev–Trinajstić information content (AvgIpc) is 3.18. The summed E-state index contributed by atoms with van der Waals surface area (Å²) in [4.78, 5) is 17.1. The molecule has 0 aliphatic carbocycles. The number of benzene rings is 3. The van der Waals surface area contributed by atoms with Gasteiger partial charge in [0.1, 0.15) is 5.52 Å². The number of anilines is 1. The summed E-state index contributed by atoms with van der Waals surface area (Å²) >= 11 is 6.30. The summed E-state index contributed by atoms with van der Waals surface area (Å²) in [5, 5.41) is 3.31. The quantitative estimate of drug-likeness (QED) is 0.393. The number of rotatable bonds is 5. The lowest BCUT2D eigenvalue weighted by molar-refractivity contribution is 0.102. The molecule has 0 radical (unpaired) electrons. The molecule has 0 spiro atoms. The Bertz CT molecular complexity index is 1170. The van der Waals surface area contributed by atoms with Gasteiger partial charge in [-0.3, -0.25) is 4.79 Å². The van der Waals surface area contributed by atoms with Crippen LogP contribution < -0.4 is 5.32 Å². The second-order valence-electron chi connectivity index (χ2n) is 7.07. The van der Waals surface area contributed by atoms with Crippen LogP contribution in [-0.2, 0) is 0 Å². The first kappa shape index (κ1) is 19.2. The van der Waals surface area contributed by atoms with Crippen LogP contribution in [0.25, 0.3) is 22.6 Å². The van der Waals surface area contributed by atoms with Crippen molar-refractivity contribution in [2.45, 2.75) is 26.2 Å². The molecule has 4 rings (SSSR count). The number of hydrogen-bond acceptors (Lipinski definition) is 3. The number of aromatic nitrogens is 1. The van der Waals surface area contributed by atoms with E-state index < -0.39 is 0 Å². The highest BCUT2D eigenvalue weighted by atomic mass is 35.5. The van der Waals surface area contributed by atoms with E-state index in [1.165, 1.54) is 5.56 Å². The van der Waals surface area contributed by atoms with Gasteiger partial charge in [0.05, 0.1) is 10.7 Å². The molecule has 4 nitrogen and oxygen atoms in total. The number of oxazole rings is 1. The maximum atomic E-state index is 12.5. The van der Waals surface area contributed by atoms with Crippen molar-refractivity contribution in [1.82, 2.24) is 4.98 Å². The Morgan fingerprint density at radius 3 is 2.66 bits per heavy atom. The first-order valence-electron chi connectivity index (χ1n) is 9.62. The molecule has 0 aliphatic heterocycles. The van der Waals surface area contributed by atoms with Crippen LogP contribution in [0.4, 0.5) is 5.69 Å². The maximum absolute atomic E-state index is 12.5. The first-order valence-corrected chi connectivity index (χ1v) is 9.99. The predicted molar refractivity (Wildman–Crippen MR) is 118 cm³/mol. The summed E-state index contributed by atoms with van der Waals surface area (Å²) < 4.78 is 5.94. The second kappa shape index (κ2) is 8.10. The third-order valence-electron chi connectivity index (χ3n) is 5.09. The van der Waals surface area contributed by atoms with Crippen LogP contribution in [0.2, 0.25) is 5.02 Å². The first-order chi connectivity index (χ1) is 14.0. The maximum Gasteiger partial charge on any atom is 0.255 e. The van der Waals surface area contributed by atoms with Crippen molar-refractivity contribution >= 4 is 34.3 Å². The number of nitrogens with one attached hydrogen (secondary N) is 1. The van der Waals surface area contributed by atoms with Gasteiger partial charge in [-0.1, -0.05) is 49.7 Å². The van der Waals surface area contributed by atoms with Gasteiger partial charge in [-0.2, -0.15) is 0 Å². The molecular weight excluding hydrogens is 384 g/mol. The Morgan fingerprint density at radius 1 is 1.10 bits per heavy atom. The van der Waals surface area contributed by atoms with Crippen LogP contribution >= 0.6 is 11.6 Å². The van der Waals surface area contributed by atoms with Crippen LogP contribution in [0.1, 0.15) is 42.1 Å². The summed E-state index contributed by atoms with van der Waals surface area (Å²) in [7, 11) is 0. The van der Waals surface area contributed by atoms with E-state index in [9.17, 15) is 4.79 Å². The molecule has 29 heavy (non-hydrogen) atoms. The summed E-state index contributed by atoms with van der Waals surface area (Å²) in [5.74, 6) is 0.739. The number of nitrogens with zero attached hydrogens (tertiary/aromatic N) is 1. The highest BCUT2D eigenvalue weighted by Gasteiger charge is 2.14. The molecule has 5 heteroatoms. The molecule has 1 heterocycles. The van der Waals surface area contributed by atoms with E-state index in [1.807, 2.05) is 30.3 Å². The number of carbonyl (C=O) groups excluding carboxylic acids is 1. The van der Waals surface area contributed by atoms with E-state index in [1.54, 1.807) is 24.3 Å². The minimum absolute atomic E-state index is 0.222. The van der Waals surface area contributed by atoms with Gasteiger partial charge in [-0.15, -0.1) is 0 Å². The predicted octanol–water partition coefficient (Wildman–Crippen LogP) is 6.91. The molecule has 0 saturated heterocycles. The van der Waals surface area contributed by atoms with E-state index in [-0.39, 0.29) is 5.91 Å². The van der Waals surface area contributed by atoms with Crippen LogP contribution in [0.5, 0.6) is 0 Å². The summed E-state index contributed by atoms with van der Waals surface area (Å²) in [6.07, 6.45) is 1.07. The molecule has 0 bridgehead atoms. The van der Waals surface area contributed by atoms with E-state index in [2.05, 4.69) is 36.3 Å². The molecule has 1 amide bonds. The molecular formula is C24H21ClN2O2. The van der Waals surface area contributed by atoms with Crippen molar-refractivity contribution in [2.75, 3.05) is 5.32 Å². The standard InChI is InChI=1S/C24H21ClN2O2/c1-3-15(2)17-10-12-22-21(13-17)27-24(29-22)18-9-11-19(25)20(14-18)26-23(28)16-7-5-4-6-8-16/h4-15H,3H2,1-2H3,(H,26,28)/t15-/m0/s1. The van der Waals surface area contributed by atoms with Gasteiger partial charge in [0.25, 0.3) is 5.91 Å². The summed E-state index contributed by atoms with van der Waals surface area (Å²) in [5.41, 5.74) is 4.62. The van der Waals surface area contributed by atoms with Crippen LogP contribution in [0.15, 0.2) is 71.1 Å². The zero-order valence-electron chi connectivity index (χ0n) is 16.3. The second-order valence-corrected chi connectivity index (χ2v) is 7.48. The molecule has 1 aromatic heterocycles. The normalized spacial score (nSPS) is 12.1. The molecule has 0 aliphatic rings. The van der Waals surface area contributed by atoms with Crippen LogP contribution in [0.3, 0.4) is 0 Å². The Kier molecular flexibility index (Phi) is 5.36. The largest absolute Gasteiger partial charge is 0.436 e. The van der Waals surface area contributed by atoms with E-state index >= 15 is 0 Å². The van der Waals surface area contributed by atoms with E-state index in [4.69, 9.17) is 16.0 Å². The number of fused-ring (bicyclic) bond motifs is 1. The molecule has 146 valence electrons. The number of halogens is 1. The topological polar surface area (TPSA) is 55.1 Å². The van der Waals surface area contributed by atoms with Crippen LogP contribution in [-0.4, -0.2) is 10.9 Å². The Labute approximate surface area is 174 Å². The van der Waals surface area contributed by atoms with Gasteiger partial charge < -0.3 is 9.73 Å². The van der Waals surface area contributed by atoms with Crippen molar-refractivity contribution in [3.63, 3.8) is 0 Å². The Balaban J connectivity index is 1.65. The number of amides is 1. The fraction of sp³-hybridized carbons (Fsp3) is 0.167. The molecule has 1 atom stereocenters. The lowest BCUT2D eigenvalue weighted by atomic mass is 9.98. The fourth-order valence-corrected chi connectivity index (χ4v) is 3.31. The van der Waals surface area contributed by atoms with Gasteiger partial charge in [-0.05, 0) is 60.4 Å². The van der Waals surface area contributed by atoms with Crippen molar-refractivity contribution in [3.8, 4) is 11.5 Å². The SMILES string of the molecule is CC[C@H](C)c1ccc2oc(-c3ccc(Cl)c(NC(=O)c4ccccc4)c3)nc2c1. The van der Waals surface area contributed by atoms with Gasteiger partial charge in [0.15, 0.2) is 5.58 Å². The van der Waals surface area contributed by atoms with Gasteiger partial charge in [0.2, 0.25) is 5.89 Å². The molecule has 0 fully saturated rings. The van der Waals surface area contributed by atoms with Gasteiger partial charge in [-0.25, -0.2) is 4.98 Å². The van der Waals surface area contributed by atoms with Crippen LogP contribution in [0, 0.1) is 0 Å². The molecule has 0 saturated carbocycles. The Hall–Kier alpha value is -3.11. The summed E-state index contributed by atoms with van der Waals surface area (Å²) in [6.45, 7) is 4.37. The minimum atomic E-state index is -0.222. The minimum Gasteiger partial charge on any atom is -0.436 e. The molecule has 3 aromatic carbocycles. The lowest BCUT2D eigenvalue weighted by Crippen LogP contribution is -2.12. The van der Waals surface area contributed by atoms with E-state index in [0.717, 1.165) is 23.1 Å².